The third-order valence-corrected chi connectivity index (χ3v) is 4.03. The summed E-state index contributed by atoms with van der Waals surface area (Å²) >= 11 is 0. The fourth-order valence-electron chi connectivity index (χ4n) is 2.77. The number of anilines is 1. The smallest absolute Gasteiger partial charge is 0.298 e. The average Bonchev–Trinajstić information content (AvgIpc) is 3.06. The summed E-state index contributed by atoms with van der Waals surface area (Å²) in [4.78, 5) is 24.8. The number of oxazole rings is 1. The zero-order valence-corrected chi connectivity index (χ0v) is 12.6. The Morgan fingerprint density at radius 1 is 1.04 bits per heavy atom. The van der Waals surface area contributed by atoms with Crippen LogP contribution in [0.25, 0.3) is 11.1 Å². The van der Waals surface area contributed by atoms with Gasteiger partial charge in [0.15, 0.2) is 5.58 Å². The molecule has 1 amide bonds. The van der Waals surface area contributed by atoms with Crippen molar-refractivity contribution in [1.82, 2.24) is 14.9 Å². The van der Waals surface area contributed by atoms with Gasteiger partial charge in [0, 0.05) is 38.6 Å². The number of carbonyl (C=O) groups excluding carboxylic acids is 1. The molecular formula is C17H16N4O2. The van der Waals surface area contributed by atoms with Crippen LogP contribution in [0.3, 0.4) is 0 Å². The number of carbonyl (C=O) groups is 1. The van der Waals surface area contributed by atoms with Gasteiger partial charge in [-0.2, -0.15) is 4.98 Å². The molecular weight excluding hydrogens is 292 g/mol. The lowest BCUT2D eigenvalue weighted by Crippen LogP contribution is -2.48. The van der Waals surface area contributed by atoms with Crippen molar-refractivity contribution in [1.29, 1.82) is 0 Å². The van der Waals surface area contributed by atoms with Crippen LogP contribution < -0.4 is 4.90 Å². The number of pyridine rings is 1. The zero-order valence-electron chi connectivity index (χ0n) is 12.6. The summed E-state index contributed by atoms with van der Waals surface area (Å²) in [6, 6.07) is 11.9. The topological polar surface area (TPSA) is 62.5 Å². The van der Waals surface area contributed by atoms with Gasteiger partial charge in [-0.3, -0.25) is 9.78 Å². The molecule has 0 bridgehead atoms. The molecule has 0 radical (unpaired) electrons. The van der Waals surface area contributed by atoms with E-state index in [0.717, 1.165) is 11.1 Å². The monoisotopic (exact) mass is 308 g/mol. The van der Waals surface area contributed by atoms with Crippen LogP contribution in [0.15, 0.2) is 53.2 Å². The van der Waals surface area contributed by atoms with Gasteiger partial charge in [-0.1, -0.05) is 12.1 Å². The molecule has 23 heavy (non-hydrogen) atoms. The van der Waals surface area contributed by atoms with Gasteiger partial charge in [-0.15, -0.1) is 0 Å². The van der Waals surface area contributed by atoms with Crippen LogP contribution in [-0.2, 0) is 0 Å². The number of hydrogen-bond acceptors (Lipinski definition) is 5. The lowest BCUT2D eigenvalue weighted by Gasteiger charge is -2.33. The number of piperazine rings is 1. The Morgan fingerprint density at radius 2 is 1.87 bits per heavy atom. The maximum absolute atomic E-state index is 12.4. The van der Waals surface area contributed by atoms with Gasteiger partial charge < -0.3 is 14.2 Å². The molecule has 1 saturated heterocycles. The zero-order chi connectivity index (χ0) is 15.6. The molecule has 0 atom stereocenters. The second-order valence-electron chi connectivity index (χ2n) is 5.49. The fraction of sp³-hybridized carbons (Fsp3) is 0.235. The van der Waals surface area contributed by atoms with Crippen LogP contribution in [0, 0.1) is 0 Å². The van der Waals surface area contributed by atoms with E-state index >= 15 is 0 Å². The first-order valence-corrected chi connectivity index (χ1v) is 7.61. The first kappa shape index (κ1) is 13.8. The molecule has 1 aromatic carbocycles. The molecule has 0 unspecified atom stereocenters. The summed E-state index contributed by atoms with van der Waals surface area (Å²) in [5.41, 5.74) is 2.27. The van der Waals surface area contributed by atoms with E-state index in [1.165, 1.54) is 0 Å². The summed E-state index contributed by atoms with van der Waals surface area (Å²) < 4.78 is 5.79. The summed E-state index contributed by atoms with van der Waals surface area (Å²) in [6.45, 7) is 2.70. The SMILES string of the molecule is O=C(c1cccnc1)N1CCN(c2nc3ccccc3o2)CC1. The highest BCUT2D eigenvalue weighted by atomic mass is 16.4. The molecule has 0 spiro atoms. The summed E-state index contributed by atoms with van der Waals surface area (Å²) in [5, 5.41) is 0. The average molecular weight is 308 g/mol. The Balaban J connectivity index is 1.45. The van der Waals surface area contributed by atoms with Crippen molar-refractivity contribution in [2.45, 2.75) is 0 Å². The van der Waals surface area contributed by atoms with Gasteiger partial charge in [0.05, 0.1) is 5.56 Å². The van der Waals surface area contributed by atoms with Crippen LogP contribution >= 0.6 is 0 Å². The normalized spacial score (nSPS) is 15.1. The molecule has 1 fully saturated rings. The number of benzene rings is 1. The van der Waals surface area contributed by atoms with Crippen LogP contribution in [0.2, 0.25) is 0 Å². The van der Waals surface area contributed by atoms with Crippen LogP contribution in [0.5, 0.6) is 0 Å². The van der Waals surface area contributed by atoms with Crippen LogP contribution in [0.1, 0.15) is 10.4 Å². The van der Waals surface area contributed by atoms with E-state index in [1.54, 1.807) is 24.5 Å². The van der Waals surface area contributed by atoms with Crippen molar-refractivity contribution in [3.63, 3.8) is 0 Å². The Hall–Kier alpha value is -2.89. The molecule has 2 aromatic heterocycles. The molecule has 0 N–H and O–H groups in total. The van der Waals surface area contributed by atoms with E-state index in [4.69, 9.17) is 4.42 Å². The molecule has 6 nitrogen and oxygen atoms in total. The predicted molar refractivity (Wildman–Crippen MR) is 86.4 cm³/mol. The van der Waals surface area contributed by atoms with E-state index < -0.39 is 0 Å². The number of aromatic nitrogens is 2. The van der Waals surface area contributed by atoms with Gasteiger partial charge in [-0.05, 0) is 24.3 Å². The van der Waals surface area contributed by atoms with E-state index in [0.29, 0.717) is 37.8 Å². The number of amides is 1. The fourth-order valence-corrected chi connectivity index (χ4v) is 2.77. The first-order chi connectivity index (χ1) is 11.3. The van der Waals surface area contributed by atoms with Crippen molar-refractivity contribution < 1.29 is 9.21 Å². The summed E-state index contributed by atoms with van der Waals surface area (Å²) in [5.74, 6) is 0.0234. The van der Waals surface area contributed by atoms with Gasteiger partial charge in [0.1, 0.15) is 5.52 Å². The number of rotatable bonds is 2. The summed E-state index contributed by atoms with van der Waals surface area (Å²) in [7, 11) is 0. The number of para-hydroxylation sites is 2. The molecule has 4 rings (SSSR count). The first-order valence-electron chi connectivity index (χ1n) is 7.61. The van der Waals surface area contributed by atoms with Crippen molar-refractivity contribution in [3.8, 4) is 0 Å². The van der Waals surface area contributed by atoms with Gasteiger partial charge in [0.25, 0.3) is 11.9 Å². The Bertz CT molecular complexity index is 790. The van der Waals surface area contributed by atoms with Crippen molar-refractivity contribution in [2.75, 3.05) is 31.1 Å². The van der Waals surface area contributed by atoms with Gasteiger partial charge in [0.2, 0.25) is 0 Å². The molecule has 0 aliphatic carbocycles. The molecule has 3 heterocycles. The Labute approximate surface area is 133 Å². The van der Waals surface area contributed by atoms with E-state index in [1.807, 2.05) is 29.2 Å². The minimum atomic E-state index is 0.0234. The van der Waals surface area contributed by atoms with E-state index in [-0.39, 0.29) is 5.91 Å². The van der Waals surface area contributed by atoms with Crippen molar-refractivity contribution in [2.24, 2.45) is 0 Å². The number of fused-ring (bicyclic) bond motifs is 1. The number of hydrogen-bond donors (Lipinski definition) is 0. The lowest BCUT2D eigenvalue weighted by molar-refractivity contribution is 0.0744. The number of nitrogens with zero attached hydrogens (tertiary/aromatic N) is 4. The highest BCUT2D eigenvalue weighted by Crippen LogP contribution is 2.22. The quantitative estimate of drug-likeness (QED) is 0.726. The van der Waals surface area contributed by atoms with Gasteiger partial charge >= 0.3 is 0 Å². The standard InChI is InChI=1S/C17H16N4O2/c22-16(13-4-3-7-18-12-13)20-8-10-21(11-9-20)17-19-14-5-1-2-6-15(14)23-17/h1-7,12H,8-11H2. The molecule has 116 valence electrons. The van der Waals surface area contributed by atoms with E-state index in [9.17, 15) is 4.79 Å². The van der Waals surface area contributed by atoms with Crippen LogP contribution in [-0.4, -0.2) is 47.0 Å². The third-order valence-electron chi connectivity index (χ3n) is 4.03. The minimum absolute atomic E-state index is 0.0234. The summed E-state index contributed by atoms with van der Waals surface area (Å²) in [6.07, 6.45) is 3.28. The molecule has 1 aliphatic rings. The van der Waals surface area contributed by atoms with Crippen molar-refractivity contribution >= 4 is 23.0 Å². The van der Waals surface area contributed by atoms with Crippen LogP contribution in [0.4, 0.5) is 6.01 Å². The van der Waals surface area contributed by atoms with E-state index in [2.05, 4.69) is 14.9 Å². The Kier molecular flexibility index (Phi) is 3.42. The maximum Gasteiger partial charge on any atom is 0.298 e. The molecule has 6 heteroatoms. The lowest BCUT2D eigenvalue weighted by atomic mass is 10.2. The van der Waals surface area contributed by atoms with Gasteiger partial charge in [-0.25, -0.2) is 0 Å². The van der Waals surface area contributed by atoms with Crippen molar-refractivity contribution in [3.05, 3.63) is 54.4 Å². The molecule has 3 aromatic rings. The maximum atomic E-state index is 12.4. The molecule has 1 aliphatic heterocycles. The Morgan fingerprint density at radius 3 is 2.61 bits per heavy atom. The highest BCUT2D eigenvalue weighted by molar-refractivity contribution is 5.94. The predicted octanol–water partition coefficient (Wildman–Crippen LogP) is 2.19. The highest BCUT2D eigenvalue weighted by Gasteiger charge is 2.24. The second kappa shape index (κ2) is 5.72. The minimum Gasteiger partial charge on any atom is -0.423 e. The largest absolute Gasteiger partial charge is 0.423 e. The third kappa shape index (κ3) is 2.63. The molecule has 0 saturated carbocycles. The second-order valence-corrected chi connectivity index (χ2v) is 5.49.